The maximum absolute atomic E-state index is 8.35. The Kier molecular flexibility index (Phi) is 22.2. The Labute approximate surface area is 46.0 Å². The molecule has 4 heavy (non-hydrogen) atoms. The minimum Gasteiger partial charge on any atom is -0.222 e. The molecule has 0 heterocycles. The van der Waals surface area contributed by atoms with Crippen molar-refractivity contribution in [2.75, 3.05) is 0 Å². The van der Waals surface area contributed by atoms with Crippen LogP contribution in [-0.2, 0) is 4.79 Å². The third-order valence-corrected chi connectivity index (χ3v) is 0. The van der Waals surface area contributed by atoms with Gasteiger partial charge in [0.05, 0.1) is 0 Å². The molecule has 0 saturated carbocycles. The maximum atomic E-state index is 8.35. The molecule has 0 bridgehead atoms. The summed E-state index contributed by atoms with van der Waals surface area (Å²) in [5, 5.41) is 5.40. The Morgan fingerprint density at radius 1 is 1.75 bits per heavy atom. The second-order valence-electron chi connectivity index (χ2n) is 0.102. The van der Waals surface area contributed by atoms with Crippen LogP contribution in [0.25, 0.3) is 0 Å². The molecule has 1 radical (unpaired) electrons. The van der Waals surface area contributed by atoms with Gasteiger partial charge < -0.3 is 0 Å². The molecule has 0 aromatic heterocycles. The van der Waals surface area contributed by atoms with Gasteiger partial charge in [-0.25, -0.2) is 10.2 Å². The number of rotatable bonds is 0. The van der Waals surface area contributed by atoms with Crippen molar-refractivity contribution in [3.63, 3.8) is 0 Å². The molecular formula is CHNNaO. The molecule has 0 atom stereocenters. The van der Waals surface area contributed by atoms with Crippen LogP contribution in [0, 0.1) is 5.41 Å². The van der Waals surface area contributed by atoms with E-state index in [1.165, 1.54) is 0 Å². The molecule has 0 aliphatic carbocycles. The van der Waals surface area contributed by atoms with E-state index in [0.717, 1.165) is 6.08 Å². The van der Waals surface area contributed by atoms with E-state index in [9.17, 15) is 0 Å². The van der Waals surface area contributed by atoms with Crippen LogP contribution in [0.15, 0.2) is 0 Å². The summed E-state index contributed by atoms with van der Waals surface area (Å²) in [5.74, 6) is 0. The van der Waals surface area contributed by atoms with Crippen LogP contribution >= 0.6 is 0 Å². The maximum Gasteiger partial charge on any atom is 0.231 e. The van der Waals surface area contributed by atoms with Crippen LogP contribution < -0.4 is 0 Å². The van der Waals surface area contributed by atoms with Crippen molar-refractivity contribution < 1.29 is 4.79 Å². The monoisotopic (exact) mass is 66.0 g/mol. The standard InChI is InChI=1S/CHNO.Na/c2-1-3;/h2H;. The van der Waals surface area contributed by atoms with Gasteiger partial charge in [0.2, 0.25) is 6.08 Å². The quantitative estimate of drug-likeness (QED) is 0.231. The molecule has 0 spiro atoms. The summed E-state index contributed by atoms with van der Waals surface area (Å²) in [5.41, 5.74) is 0. The molecule has 0 saturated heterocycles. The molecule has 0 fully saturated rings. The SMILES string of the molecule is N=C=O.[Na]. The van der Waals surface area contributed by atoms with Gasteiger partial charge in [-0.15, -0.1) is 0 Å². The molecule has 0 unspecified atom stereocenters. The van der Waals surface area contributed by atoms with Crippen molar-refractivity contribution in [2.24, 2.45) is 0 Å². The summed E-state index contributed by atoms with van der Waals surface area (Å²) in [6.07, 6.45) is 0.750. The summed E-state index contributed by atoms with van der Waals surface area (Å²) in [6, 6.07) is 0. The summed E-state index contributed by atoms with van der Waals surface area (Å²) in [4.78, 5) is 8.35. The number of hydrogen-bond acceptors (Lipinski definition) is 2. The fraction of sp³-hybridized carbons (Fsp3) is 0. The number of nitrogens with one attached hydrogen (secondary N) is 1. The van der Waals surface area contributed by atoms with Crippen molar-refractivity contribution in [2.45, 2.75) is 0 Å². The summed E-state index contributed by atoms with van der Waals surface area (Å²) < 4.78 is 0. The normalized spacial score (nSPS) is 2.00. The van der Waals surface area contributed by atoms with Crippen LogP contribution in [-0.4, -0.2) is 35.6 Å². The zero-order valence-electron chi connectivity index (χ0n) is 2.41. The van der Waals surface area contributed by atoms with E-state index in [4.69, 9.17) is 10.2 Å². The molecule has 0 aliphatic rings. The summed E-state index contributed by atoms with van der Waals surface area (Å²) >= 11 is 0. The van der Waals surface area contributed by atoms with Crippen molar-refractivity contribution >= 4 is 35.6 Å². The Hall–Kier alpha value is 0.380. The first-order valence-electron chi connectivity index (χ1n) is 0.454. The first kappa shape index (κ1) is 8.83. The third kappa shape index (κ3) is 31.4. The zero-order valence-corrected chi connectivity index (χ0v) is 4.41. The topological polar surface area (TPSA) is 40.9 Å². The average molecular weight is 66.0 g/mol. The predicted molar refractivity (Wildman–Crippen MR) is 14.2 cm³/mol. The van der Waals surface area contributed by atoms with Crippen molar-refractivity contribution in [1.82, 2.24) is 0 Å². The summed E-state index contributed by atoms with van der Waals surface area (Å²) in [6.45, 7) is 0. The average Bonchev–Trinajstić information content (AvgIpc) is 0.918. The van der Waals surface area contributed by atoms with Gasteiger partial charge in [0.1, 0.15) is 0 Å². The molecular weight excluding hydrogens is 65.0 g/mol. The molecule has 0 rings (SSSR count). The first-order chi connectivity index (χ1) is 1.41. The first-order valence-corrected chi connectivity index (χ1v) is 0.454. The van der Waals surface area contributed by atoms with E-state index in [1.54, 1.807) is 0 Å². The van der Waals surface area contributed by atoms with Crippen molar-refractivity contribution in [3.05, 3.63) is 0 Å². The van der Waals surface area contributed by atoms with Crippen LogP contribution in [0.4, 0.5) is 0 Å². The third-order valence-electron chi connectivity index (χ3n) is 0. The van der Waals surface area contributed by atoms with Gasteiger partial charge in [0.25, 0.3) is 0 Å². The van der Waals surface area contributed by atoms with E-state index in [-0.39, 0.29) is 29.6 Å². The second-order valence-corrected chi connectivity index (χ2v) is 0.102. The molecule has 17 valence electrons. The van der Waals surface area contributed by atoms with Gasteiger partial charge in [-0.1, -0.05) is 0 Å². The second kappa shape index (κ2) is 10.1. The van der Waals surface area contributed by atoms with Crippen LogP contribution in [0.5, 0.6) is 0 Å². The fourth-order valence-electron chi connectivity index (χ4n) is 0. The van der Waals surface area contributed by atoms with Gasteiger partial charge >= 0.3 is 0 Å². The van der Waals surface area contributed by atoms with E-state index < -0.39 is 0 Å². The Morgan fingerprint density at radius 3 is 1.75 bits per heavy atom. The van der Waals surface area contributed by atoms with Gasteiger partial charge in [0.15, 0.2) is 0 Å². The summed E-state index contributed by atoms with van der Waals surface area (Å²) in [7, 11) is 0. The minimum atomic E-state index is 0. The zero-order chi connectivity index (χ0) is 2.71. The molecule has 0 aromatic rings. The minimum absolute atomic E-state index is 0. The van der Waals surface area contributed by atoms with Crippen LogP contribution in [0.3, 0.4) is 0 Å². The smallest absolute Gasteiger partial charge is 0.222 e. The van der Waals surface area contributed by atoms with Crippen LogP contribution in [0.1, 0.15) is 0 Å². The van der Waals surface area contributed by atoms with Gasteiger partial charge in [0, 0.05) is 29.6 Å². The number of carbonyl (C=O) groups excluding carboxylic acids is 1. The fourth-order valence-corrected chi connectivity index (χ4v) is 0. The molecule has 0 amide bonds. The molecule has 0 aliphatic heterocycles. The Bertz CT molecular complexity index is 29.0. The number of hydrogen-bond donors (Lipinski definition) is 1. The van der Waals surface area contributed by atoms with E-state index >= 15 is 0 Å². The molecule has 0 aromatic carbocycles. The van der Waals surface area contributed by atoms with E-state index in [2.05, 4.69) is 0 Å². The molecule has 2 nitrogen and oxygen atoms in total. The van der Waals surface area contributed by atoms with Crippen molar-refractivity contribution in [3.8, 4) is 0 Å². The molecule has 1 N–H and O–H groups in total. The Morgan fingerprint density at radius 2 is 1.75 bits per heavy atom. The molecule has 3 heteroatoms. The van der Waals surface area contributed by atoms with E-state index in [1.807, 2.05) is 0 Å². The largest absolute Gasteiger partial charge is 0.231 e. The predicted octanol–water partition coefficient (Wildman–Crippen LogP) is -0.480. The van der Waals surface area contributed by atoms with Gasteiger partial charge in [-0.2, -0.15) is 0 Å². The van der Waals surface area contributed by atoms with Crippen molar-refractivity contribution in [1.29, 1.82) is 5.41 Å². The Balaban J connectivity index is 0. The van der Waals surface area contributed by atoms with Crippen LogP contribution in [0.2, 0.25) is 0 Å². The number of isocyanates is 1. The van der Waals surface area contributed by atoms with Gasteiger partial charge in [-0.3, -0.25) is 0 Å². The van der Waals surface area contributed by atoms with E-state index in [0.29, 0.717) is 0 Å². The van der Waals surface area contributed by atoms with Gasteiger partial charge in [-0.05, 0) is 0 Å².